The molecule has 2 unspecified atom stereocenters. The van der Waals surface area contributed by atoms with Crippen molar-refractivity contribution in [3.63, 3.8) is 0 Å². The Bertz CT molecular complexity index is 355. The highest BCUT2D eigenvalue weighted by Crippen LogP contribution is 2.45. The van der Waals surface area contributed by atoms with Gasteiger partial charge >= 0.3 is 0 Å². The minimum Gasteiger partial charge on any atom is -0.314 e. The summed E-state index contributed by atoms with van der Waals surface area (Å²) in [5, 5.41) is 6.03. The molecule has 2 atom stereocenters. The predicted octanol–water partition coefficient (Wildman–Crippen LogP) is 4.88. The van der Waals surface area contributed by atoms with E-state index >= 15 is 0 Å². The molecule has 1 heterocycles. The lowest BCUT2D eigenvalue weighted by Gasteiger charge is -2.35. The number of hydrogen-bond acceptors (Lipinski definition) is 2. The van der Waals surface area contributed by atoms with E-state index in [1.807, 2.05) is 11.3 Å². The quantitative estimate of drug-likeness (QED) is 0.750. The molecule has 0 aliphatic heterocycles. The number of rotatable bonds is 7. The third-order valence-corrected chi connectivity index (χ3v) is 5.70. The van der Waals surface area contributed by atoms with Gasteiger partial charge in [-0.1, -0.05) is 33.3 Å². The monoisotopic (exact) mass is 279 g/mol. The van der Waals surface area contributed by atoms with Gasteiger partial charge in [0.1, 0.15) is 0 Å². The smallest absolute Gasteiger partial charge is 0.0104 e. The van der Waals surface area contributed by atoms with E-state index in [4.69, 9.17) is 0 Å². The summed E-state index contributed by atoms with van der Waals surface area (Å²) in [4.78, 5) is 1.54. The Labute approximate surface area is 122 Å². The second-order valence-electron chi connectivity index (χ2n) is 6.67. The first-order chi connectivity index (χ1) is 9.13. The van der Waals surface area contributed by atoms with Gasteiger partial charge in [0.2, 0.25) is 0 Å². The zero-order valence-corrected chi connectivity index (χ0v) is 13.6. The van der Waals surface area contributed by atoms with Crippen molar-refractivity contribution in [2.24, 2.45) is 11.3 Å². The highest BCUT2D eigenvalue weighted by atomic mass is 32.1. The molecule has 0 spiro atoms. The summed E-state index contributed by atoms with van der Waals surface area (Å²) in [6, 6.07) is 5.16. The summed E-state index contributed by atoms with van der Waals surface area (Å²) in [7, 11) is 0. The molecule has 1 nitrogen and oxygen atoms in total. The second-order valence-corrected chi connectivity index (χ2v) is 7.70. The largest absolute Gasteiger partial charge is 0.314 e. The molecule has 1 aliphatic carbocycles. The molecule has 0 amide bonds. The van der Waals surface area contributed by atoms with E-state index in [1.54, 1.807) is 4.88 Å². The van der Waals surface area contributed by atoms with Crippen LogP contribution in [0.5, 0.6) is 0 Å². The molecule has 1 saturated carbocycles. The van der Waals surface area contributed by atoms with E-state index in [9.17, 15) is 0 Å². The highest BCUT2D eigenvalue weighted by molar-refractivity contribution is 7.09. The normalized spacial score (nSPS) is 23.6. The molecule has 108 valence electrons. The molecule has 1 aliphatic rings. The first-order valence-electron chi connectivity index (χ1n) is 7.89. The van der Waals surface area contributed by atoms with Crippen LogP contribution in [0, 0.1) is 11.3 Å². The minimum atomic E-state index is 0.529. The lowest BCUT2D eigenvalue weighted by atomic mass is 9.76. The fraction of sp³-hybridized carbons (Fsp3) is 0.765. The predicted molar refractivity (Wildman–Crippen MR) is 85.8 cm³/mol. The van der Waals surface area contributed by atoms with E-state index in [0.29, 0.717) is 11.5 Å². The molecular formula is C17H29NS. The van der Waals surface area contributed by atoms with Gasteiger partial charge < -0.3 is 5.32 Å². The van der Waals surface area contributed by atoms with Crippen molar-refractivity contribution < 1.29 is 0 Å². The van der Waals surface area contributed by atoms with Crippen molar-refractivity contribution in [2.75, 3.05) is 6.54 Å². The zero-order chi connectivity index (χ0) is 13.7. The van der Waals surface area contributed by atoms with Gasteiger partial charge in [0.05, 0.1) is 0 Å². The van der Waals surface area contributed by atoms with Crippen molar-refractivity contribution >= 4 is 11.3 Å². The van der Waals surface area contributed by atoms with Crippen LogP contribution in [0.25, 0.3) is 0 Å². The molecule has 1 N–H and O–H groups in total. The van der Waals surface area contributed by atoms with Crippen LogP contribution in [0.2, 0.25) is 0 Å². The average Bonchev–Trinajstić information content (AvgIpc) is 2.99. The Morgan fingerprint density at radius 3 is 2.89 bits per heavy atom. The van der Waals surface area contributed by atoms with Crippen LogP contribution in [0.1, 0.15) is 57.8 Å². The summed E-state index contributed by atoms with van der Waals surface area (Å²) in [5.74, 6) is 0.860. The number of aryl methyl sites for hydroxylation is 1. The lowest BCUT2D eigenvalue weighted by molar-refractivity contribution is 0.190. The molecule has 1 aromatic rings. The Morgan fingerprint density at radius 1 is 1.47 bits per heavy atom. The molecule has 1 fully saturated rings. The fourth-order valence-electron chi connectivity index (χ4n) is 3.63. The summed E-state index contributed by atoms with van der Waals surface area (Å²) in [6.07, 6.45) is 8.02. The number of nitrogens with one attached hydrogen (secondary N) is 1. The van der Waals surface area contributed by atoms with Crippen molar-refractivity contribution in [3.05, 3.63) is 22.4 Å². The second kappa shape index (κ2) is 6.90. The van der Waals surface area contributed by atoms with Crippen LogP contribution in [-0.2, 0) is 6.42 Å². The molecule has 0 bridgehead atoms. The summed E-state index contributed by atoms with van der Waals surface area (Å²) in [6.45, 7) is 8.37. The van der Waals surface area contributed by atoms with Gasteiger partial charge in [0.15, 0.2) is 0 Å². The minimum absolute atomic E-state index is 0.529. The van der Waals surface area contributed by atoms with Crippen LogP contribution in [-0.4, -0.2) is 12.6 Å². The Hall–Kier alpha value is -0.340. The van der Waals surface area contributed by atoms with Gasteiger partial charge in [-0.15, -0.1) is 11.3 Å². The molecule has 0 aromatic carbocycles. The van der Waals surface area contributed by atoms with Gasteiger partial charge in [0.25, 0.3) is 0 Å². The Balaban J connectivity index is 1.94. The summed E-state index contributed by atoms with van der Waals surface area (Å²) >= 11 is 1.90. The van der Waals surface area contributed by atoms with Gasteiger partial charge in [-0.2, -0.15) is 0 Å². The Kier molecular flexibility index (Phi) is 5.47. The number of thiophene rings is 1. The lowest BCUT2D eigenvalue weighted by Crippen LogP contribution is -2.41. The first-order valence-corrected chi connectivity index (χ1v) is 8.77. The molecule has 19 heavy (non-hydrogen) atoms. The fourth-order valence-corrected chi connectivity index (χ4v) is 4.35. The number of hydrogen-bond donors (Lipinski definition) is 1. The molecule has 0 saturated heterocycles. The topological polar surface area (TPSA) is 12.0 Å². The van der Waals surface area contributed by atoms with Gasteiger partial charge in [-0.3, -0.25) is 0 Å². The van der Waals surface area contributed by atoms with Crippen LogP contribution >= 0.6 is 11.3 Å². The van der Waals surface area contributed by atoms with Gasteiger partial charge in [-0.05, 0) is 61.4 Å². The maximum absolute atomic E-state index is 3.83. The van der Waals surface area contributed by atoms with Gasteiger partial charge in [-0.25, -0.2) is 0 Å². The molecule has 2 heteroatoms. The maximum Gasteiger partial charge on any atom is 0.0104 e. The third-order valence-electron chi connectivity index (χ3n) is 4.76. The van der Waals surface area contributed by atoms with Crippen molar-refractivity contribution in [1.82, 2.24) is 5.32 Å². The molecule has 2 rings (SSSR count). The highest BCUT2D eigenvalue weighted by Gasteiger charge is 2.38. The maximum atomic E-state index is 3.83. The SMILES string of the molecule is CCCNC(CCc1cccs1)C1CCCC1(C)C. The zero-order valence-electron chi connectivity index (χ0n) is 12.7. The third kappa shape index (κ3) is 4.06. The van der Waals surface area contributed by atoms with Gasteiger partial charge in [0, 0.05) is 10.9 Å². The molecule has 1 aromatic heterocycles. The molecular weight excluding hydrogens is 250 g/mol. The average molecular weight is 279 g/mol. The van der Waals surface area contributed by atoms with Crippen LogP contribution in [0.3, 0.4) is 0 Å². The van der Waals surface area contributed by atoms with E-state index < -0.39 is 0 Å². The van der Waals surface area contributed by atoms with Crippen LogP contribution < -0.4 is 5.32 Å². The Morgan fingerprint density at radius 2 is 2.32 bits per heavy atom. The van der Waals surface area contributed by atoms with Crippen LogP contribution in [0.4, 0.5) is 0 Å². The standard InChI is InChI=1S/C17H29NS/c1-4-12-18-16(10-9-14-7-6-13-19-14)15-8-5-11-17(15,2)3/h6-7,13,15-16,18H,4-5,8-12H2,1-3H3. The first kappa shape index (κ1) is 15.1. The van der Waals surface area contributed by atoms with E-state index in [1.165, 1.54) is 45.1 Å². The molecule has 0 radical (unpaired) electrons. The van der Waals surface area contributed by atoms with E-state index in [-0.39, 0.29) is 0 Å². The van der Waals surface area contributed by atoms with E-state index in [0.717, 1.165) is 5.92 Å². The van der Waals surface area contributed by atoms with Crippen molar-refractivity contribution in [2.45, 2.75) is 65.3 Å². The van der Waals surface area contributed by atoms with Crippen LogP contribution in [0.15, 0.2) is 17.5 Å². The van der Waals surface area contributed by atoms with Crippen molar-refractivity contribution in [3.8, 4) is 0 Å². The van der Waals surface area contributed by atoms with E-state index in [2.05, 4.69) is 43.6 Å². The van der Waals surface area contributed by atoms with Crippen molar-refractivity contribution in [1.29, 1.82) is 0 Å². The summed E-state index contributed by atoms with van der Waals surface area (Å²) < 4.78 is 0. The summed E-state index contributed by atoms with van der Waals surface area (Å²) in [5.41, 5.74) is 0.529.